The Morgan fingerprint density at radius 2 is 1.95 bits per heavy atom. The van der Waals surface area contributed by atoms with Crippen molar-refractivity contribution in [2.75, 3.05) is 0 Å². The zero-order valence-electron chi connectivity index (χ0n) is 9.87. The van der Waals surface area contributed by atoms with Gasteiger partial charge in [0.1, 0.15) is 11.5 Å². The molecule has 0 aliphatic rings. The Morgan fingerprint density at radius 1 is 1.26 bits per heavy atom. The van der Waals surface area contributed by atoms with Crippen molar-refractivity contribution in [1.29, 1.82) is 0 Å². The van der Waals surface area contributed by atoms with Gasteiger partial charge in [0.2, 0.25) is 0 Å². The van der Waals surface area contributed by atoms with E-state index in [1.54, 1.807) is 0 Å². The Kier molecular flexibility index (Phi) is 3.32. The number of halogens is 4. The van der Waals surface area contributed by atoms with Gasteiger partial charge in [-0.1, -0.05) is 6.07 Å². The maximum absolute atomic E-state index is 13.8. The fourth-order valence-electron chi connectivity index (χ4n) is 1.68. The number of alkyl halides is 3. The van der Waals surface area contributed by atoms with Gasteiger partial charge in [0.05, 0.1) is 6.61 Å². The second kappa shape index (κ2) is 4.65. The molecule has 0 aliphatic carbocycles. The van der Waals surface area contributed by atoms with Crippen LogP contribution in [0.15, 0.2) is 24.3 Å². The lowest BCUT2D eigenvalue weighted by atomic mass is 10.2. The maximum Gasteiger partial charge on any atom is 0.435 e. The number of rotatable bonds is 2. The SMILES string of the molecule is Cc1cc(C(F)(F)F)nn1-c1ccc(CO)cc1F. The highest BCUT2D eigenvalue weighted by Crippen LogP contribution is 2.29. The molecule has 1 aromatic carbocycles. The number of aromatic nitrogens is 2. The molecular weight excluding hydrogens is 264 g/mol. The van der Waals surface area contributed by atoms with Gasteiger partial charge in [0.25, 0.3) is 0 Å². The fourth-order valence-corrected chi connectivity index (χ4v) is 1.68. The van der Waals surface area contributed by atoms with Gasteiger partial charge in [-0.15, -0.1) is 0 Å². The fraction of sp³-hybridized carbons (Fsp3) is 0.250. The number of hydrogen-bond donors (Lipinski definition) is 1. The van der Waals surface area contributed by atoms with Crippen LogP contribution in [0.1, 0.15) is 17.0 Å². The highest BCUT2D eigenvalue weighted by atomic mass is 19.4. The second-order valence-corrected chi connectivity index (χ2v) is 4.02. The number of hydrogen-bond acceptors (Lipinski definition) is 2. The molecule has 0 aliphatic heterocycles. The molecule has 1 N–H and O–H groups in total. The third-order valence-electron chi connectivity index (χ3n) is 2.60. The first kappa shape index (κ1) is 13.5. The van der Waals surface area contributed by atoms with E-state index in [1.807, 2.05) is 0 Å². The predicted octanol–water partition coefficient (Wildman–Crippen LogP) is 2.83. The third-order valence-corrected chi connectivity index (χ3v) is 2.60. The molecule has 0 atom stereocenters. The largest absolute Gasteiger partial charge is 0.435 e. The van der Waals surface area contributed by atoms with E-state index < -0.39 is 17.7 Å². The van der Waals surface area contributed by atoms with Crippen LogP contribution in [0.3, 0.4) is 0 Å². The summed E-state index contributed by atoms with van der Waals surface area (Å²) in [5.74, 6) is -0.744. The summed E-state index contributed by atoms with van der Waals surface area (Å²) in [5, 5.41) is 12.2. The van der Waals surface area contributed by atoms with Crippen LogP contribution in [-0.2, 0) is 12.8 Å². The molecule has 0 amide bonds. The first-order valence-corrected chi connectivity index (χ1v) is 5.36. The number of aliphatic hydroxyl groups is 1. The summed E-state index contributed by atoms with van der Waals surface area (Å²) >= 11 is 0. The van der Waals surface area contributed by atoms with E-state index in [4.69, 9.17) is 5.11 Å². The zero-order valence-corrected chi connectivity index (χ0v) is 9.87. The van der Waals surface area contributed by atoms with Gasteiger partial charge in [-0.25, -0.2) is 9.07 Å². The van der Waals surface area contributed by atoms with Gasteiger partial charge in [-0.3, -0.25) is 0 Å². The molecular formula is C12H10F4N2O. The molecule has 102 valence electrons. The van der Waals surface area contributed by atoms with E-state index in [-0.39, 0.29) is 18.0 Å². The maximum atomic E-state index is 13.8. The average Bonchev–Trinajstić information content (AvgIpc) is 2.71. The molecule has 1 heterocycles. The minimum absolute atomic E-state index is 0.0924. The van der Waals surface area contributed by atoms with Gasteiger partial charge in [-0.05, 0) is 30.7 Å². The van der Waals surface area contributed by atoms with Gasteiger partial charge in [0, 0.05) is 5.69 Å². The predicted molar refractivity (Wildman–Crippen MR) is 59.2 cm³/mol. The van der Waals surface area contributed by atoms with Crippen LogP contribution in [-0.4, -0.2) is 14.9 Å². The number of nitrogens with zero attached hydrogens (tertiary/aromatic N) is 2. The molecule has 0 saturated carbocycles. The van der Waals surface area contributed by atoms with E-state index in [1.165, 1.54) is 19.1 Å². The molecule has 0 saturated heterocycles. The molecule has 7 heteroatoms. The Balaban J connectivity index is 2.51. The first-order valence-electron chi connectivity index (χ1n) is 5.36. The van der Waals surface area contributed by atoms with Crippen molar-refractivity contribution >= 4 is 0 Å². The zero-order chi connectivity index (χ0) is 14.2. The molecule has 2 rings (SSSR count). The summed E-state index contributed by atoms with van der Waals surface area (Å²) in [6, 6.07) is 4.61. The van der Waals surface area contributed by atoms with Gasteiger partial charge < -0.3 is 5.11 Å². The van der Waals surface area contributed by atoms with Crippen LogP contribution in [0.25, 0.3) is 5.69 Å². The number of aryl methyl sites for hydroxylation is 1. The summed E-state index contributed by atoms with van der Waals surface area (Å²) in [6.07, 6.45) is -4.57. The molecule has 0 fully saturated rings. The van der Waals surface area contributed by atoms with Crippen molar-refractivity contribution in [2.45, 2.75) is 19.7 Å². The topological polar surface area (TPSA) is 38.0 Å². The van der Waals surface area contributed by atoms with Crippen molar-refractivity contribution in [1.82, 2.24) is 9.78 Å². The van der Waals surface area contributed by atoms with E-state index >= 15 is 0 Å². The number of aliphatic hydroxyl groups excluding tert-OH is 1. The van der Waals surface area contributed by atoms with Crippen LogP contribution in [0.5, 0.6) is 0 Å². The van der Waals surface area contributed by atoms with Gasteiger partial charge >= 0.3 is 6.18 Å². The van der Waals surface area contributed by atoms with Crippen molar-refractivity contribution in [3.63, 3.8) is 0 Å². The summed E-state index contributed by atoms with van der Waals surface area (Å²) < 4.78 is 52.2. The highest BCUT2D eigenvalue weighted by molar-refractivity contribution is 5.37. The Labute approximate surface area is 106 Å². The van der Waals surface area contributed by atoms with Crippen molar-refractivity contribution in [3.8, 4) is 5.69 Å². The summed E-state index contributed by atoms with van der Waals surface area (Å²) in [6.45, 7) is 1.06. The lowest BCUT2D eigenvalue weighted by Gasteiger charge is -2.07. The van der Waals surface area contributed by atoms with E-state index in [2.05, 4.69) is 5.10 Å². The standard InChI is InChI=1S/C12H10F4N2O/c1-7-4-11(12(14,15)16)17-18(7)10-3-2-8(6-19)5-9(10)13/h2-5,19H,6H2,1H3. The molecule has 0 spiro atoms. The Bertz CT molecular complexity index is 604. The van der Waals surface area contributed by atoms with Crippen molar-refractivity contribution < 1.29 is 22.7 Å². The van der Waals surface area contributed by atoms with Crippen LogP contribution in [0.4, 0.5) is 17.6 Å². The molecule has 3 nitrogen and oxygen atoms in total. The number of benzene rings is 1. The highest BCUT2D eigenvalue weighted by Gasteiger charge is 2.34. The van der Waals surface area contributed by atoms with Crippen LogP contribution in [0.2, 0.25) is 0 Å². The van der Waals surface area contributed by atoms with E-state index in [9.17, 15) is 17.6 Å². The summed E-state index contributed by atoms with van der Waals surface area (Å²) in [7, 11) is 0. The molecule has 1 aromatic heterocycles. The van der Waals surface area contributed by atoms with E-state index in [0.717, 1.165) is 16.8 Å². The van der Waals surface area contributed by atoms with Gasteiger partial charge in [-0.2, -0.15) is 18.3 Å². The van der Waals surface area contributed by atoms with Gasteiger partial charge in [0.15, 0.2) is 5.69 Å². The van der Waals surface area contributed by atoms with Crippen molar-refractivity contribution in [2.24, 2.45) is 0 Å². The minimum atomic E-state index is -4.57. The molecule has 0 bridgehead atoms. The average molecular weight is 274 g/mol. The third kappa shape index (κ3) is 2.60. The van der Waals surface area contributed by atoms with Crippen LogP contribution >= 0.6 is 0 Å². The smallest absolute Gasteiger partial charge is 0.392 e. The Morgan fingerprint density at radius 3 is 2.42 bits per heavy atom. The van der Waals surface area contributed by atoms with Crippen molar-refractivity contribution in [3.05, 3.63) is 47.0 Å². The molecule has 2 aromatic rings. The molecule has 0 radical (unpaired) electrons. The molecule has 0 unspecified atom stereocenters. The Hall–Kier alpha value is -1.89. The summed E-state index contributed by atoms with van der Waals surface area (Å²) in [5.41, 5.74) is -0.661. The molecule has 19 heavy (non-hydrogen) atoms. The summed E-state index contributed by atoms with van der Waals surface area (Å²) in [4.78, 5) is 0. The van der Waals surface area contributed by atoms with Crippen LogP contribution in [0, 0.1) is 12.7 Å². The van der Waals surface area contributed by atoms with Crippen LogP contribution < -0.4 is 0 Å². The quantitative estimate of drug-likeness (QED) is 0.855. The lowest BCUT2D eigenvalue weighted by molar-refractivity contribution is -0.141. The van der Waals surface area contributed by atoms with E-state index in [0.29, 0.717) is 5.56 Å². The lowest BCUT2D eigenvalue weighted by Crippen LogP contribution is -2.08. The second-order valence-electron chi connectivity index (χ2n) is 4.02. The normalized spacial score (nSPS) is 11.9. The first-order chi connectivity index (χ1) is 8.82. The minimum Gasteiger partial charge on any atom is -0.392 e. The monoisotopic (exact) mass is 274 g/mol.